The minimum absolute atomic E-state index is 0.125. The topological polar surface area (TPSA) is 113 Å². The van der Waals surface area contributed by atoms with Gasteiger partial charge in [0.15, 0.2) is 0 Å². The van der Waals surface area contributed by atoms with E-state index in [1.165, 1.54) is 0 Å². The van der Waals surface area contributed by atoms with Crippen LogP contribution in [0.1, 0.15) is 69.2 Å². The van der Waals surface area contributed by atoms with Crippen molar-refractivity contribution in [1.29, 1.82) is 0 Å². The Hall–Kier alpha value is -2.27. The average Bonchev–Trinajstić information content (AvgIpc) is 3.11. The van der Waals surface area contributed by atoms with E-state index in [-0.39, 0.29) is 13.1 Å². The van der Waals surface area contributed by atoms with Gasteiger partial charge in [0.2, 0.25) is 0 Å². The summed E-state index contributed by atoms with van der Waals surface area (Å²) in [6, 6.07) is -0.501. The first kappa shape index (κ1) is 27.0. The van der Waals surface area contributed by atoms with E-state index < -0.39 is 47.8 Å². The van der Waals surface area contributed by atoms with Crippen LogP contribution in [-0.4, -0.2) is 64.1 Å². The number of hydrogen-bond donors (Lipinski definition) is 2. The van der Waals surface area contributed by atoms with E-state index >= 15 is 0 Å². The molecule has 1 unspecified atom stereocenters. The lowest BCUT2D eigenvalue weighted by molar-refractivity contribution is 0.00578. The molecule has 2 rings (SSSR count). The molecule has 1 aromatic heterocycles. The average molecular weight is 466 g/mol. The van der Waals surface area contributed by atoms with Crippen LogP contribution in [0.4, 0.5) is 9.59 Å². The molecule has 186 valence electrons. The Morgan fingerprint density at radius 2 is 1.55 bits per heavy atom. The first-order valence-corrected chi connectivity index (χ1v) is 11.2. The predicted octanol–water partition coefficient (Wildman–Crippen LogP) is 2.60. The number of carbonyl (C=O) groups excluding carboxylic acids is 2. The lowest BCUT2D eigenvalue weighted by Crippen LogP contribution is -2.48. The van der Waals surface area contributed by atoms with Gasteiger partial charge in [0.1, 0.15) is 11.2 Å². The van der Waals surface area contributed by atoms with Crippen molar-refractivity contribution in [3.05, 3.63) is 12.4 Å². The summed E-state index contributed by atoms with van der Waals surface area (Å²) in [5.41, 5.74) is -1.43. The Kier molecular flexibility index (Phi) is 7.80. The van der Waals surface area contributed by atoms with Crippen molar-refractivity contribution >= 4 is 24.8 Å². The van der Waals surface area contributed by atoms with Crippen molar-refractivity contribution in [2.24, 2.45) is 0 Å². The van der Waals surface area contributed by atoms with E-state index in [4.69, 9.17) is 18.8 Å². The van der Waals surface area contributed by atoms with Crippen LogP contribution in [0.5, 0.6) is 0 Å². The molecule has 0 aliphatic carbocycles. The molecule has 0 aromatic carbocycles. The first-order chi connectivity index (χ1) is 14.9. The summed E-state index contributed by atoms with van der Waals surface area (Å²) in [6.07, 6.45) is 2.32. The Morgan fingerprint density at radius 1 is 1.03 bits per heavy atom. The fourth-order valence-corrected chi connectivity index (χ4v) is 2.96. The summed E-state index contributed by atoms with van der Waals surface area (Å²) in [4.78, 5) is 24.4. The van der Waals surface area contributed by atoms with E-state index in [1.807, 2.05) is 27.7 Å². The molecule has 1 aliphatic heterocycles. The van der Waals surface area contributed by atoms with Crippen LogP contribution in [0.15, 0.2) is 12.4 Å². The summed E-state index contributed by atoms with van der Waals surface area (Å²) >= 11 is 0. The van der Waals surface area contributed by atoms with Gasteiger partial charge in [-0.15, -0.1) is 0 Å². The van der Waals surface area contributed by atoms with Gasteiger partial charge in [-0.2, -0.15) is 5.10 Å². The van der Waals surface area contributed by atoms with Crippen LogP contribution >= 0.6 is 0 Å². The van der Waals surface area contributed by atoms with E-state index in [2.05, 4.69) is 15.7 Å². The minimum atomic E-state index is -0.650. The number of rotatable bonds is 6. The Bertz CT molecular complexity index is 825. The van der Waals surface area contributed by atoms with Crippen molar-refractivity contribution < 1.29 is 28.4 Å². The third kappa shape index (κ3) is 8.22. The van der Waals surface area contributed by atoms with Gasteiger partial charge in [-0.25, -0.2) is 9.59 Å². The number of aromatic nitrogens is 2. The Labute approximate surface area is 197 Å². The number of carbonyl (C=O) groups is 2. The Balaban J connectivity index is 2.07. The van der Waals surface area contributed by atoms with Crippen LogP contribution in [0, 0.1) is 0 Å². The molecule has 10 nitrogen and oxygen atoms in total. The predicted molar refractivity (Wildman–Crippen MR) is 125 cm³/mol. The molecule has 0 saturated carbocycles. The highest BCUT2D eigenvalue weighted by atomic mass is 16.7. The molecule has 0 bridgehead atoms. The number of nitrogens with one attached hydrogen (secondary N) is 2. The highest BCUT2D eigenvalue weighted by molar-refractivity contribution is 6.62. The van der Waals surface area contributed by atoms with Crippen LogP contribution in [0.25, 0.3) is 0 Å². The van der Waals surface area contributed by atoms with Gasteiger partial charge in [-0.1, -0.05) is 0 Å². The normalized spacial score (nSPS) is 18.5. The molecule has 2 amide bonds. The molecular weight excluding hydrogens is 427 g/mol. The maximum Gasteiger partial charge on any atom is 0.498 e. The fraction of sp³-hybridized carbons (Fsp3) is 0.773. The summed E-state index contributed by atoms with van der Waals surface area (Å²) in [6.45, 7) is 19.1. The van der Waals surface area contributed by atoms with Gasteiger partial charge < -0.3 is 29.4 Å². The van der Waals surface area contributed by atoms with Crippen LogP contribution in [0.2, 0.25) is 0 Å². The van der Waals surface area contributed by atoms with E-state index in [1.54, 1.807) is 58.6 Å². The highest BCUT2D eigenvalue weighted by Gasteiger charge is 2.52. The van der Waals surface area contributed by atoms with Gasteiger partial charge in [0.05, 0.1) is 23.8 Å². The fourth-order valence-electron chi connectivity index (χ4n) is 2.96. The second-order valence-corrected chi connectivity index (χ2v) is 11.3. The standard InChI is InChI=1S/C22H39BN4O6/c1-19(2,3)30-17(28)24-12-16(26-18(29)31-20(4,5)6)14-27-13-15(11-25-27)23-32-21(7,8)22(9,10)33-23/h11,13,16H,12,14H2,1-10H3,(H,24,28)(H,26,29). The molecule has 1 aromatic rings. The smallest absolute Gasteiger partial charge is 0.444 e. The van der Waals surface area contributed by atoms with E-state index in [9.17, 15) is 9.59 Å². The third-order valence-electron chi connectivity index (χ3n) is 5.20. The van der Waals surface area contributed by atoms with E-state index in [0.29, 0.717) is 0 Å². The highest BCUT2D eigenvalue weighted by Crippen LogP contribution is 2.36. The SMILES string of the molecule is CC(C)(C)OC(=O)NCC(Cn1cc(B2OC(C)(C)C(C)(C)O2)cn1)NC(=O)OC(C)(C)C. The van der Waals surface area contributed by atoms with Gasteiger partial charge in [-0.3, -0.25) is 4.68 Å². The van der Waals surface area contributed by atoms with Gasteiger partial charge in [0, 0.05) is 24.4 Å². The maximum absolute atomic E-state index is 12.3. The number of nitrogens with zero attached hydrogens (tertiary/aromatic N) is 2. The second-order valence-electron chi connectivity index (χ2n) is 11.3. The van der Waals surface area contributed by atoms with Gasteiger partial charge >= 0.3 is 19.3 Å². The summed E-state index contributed by atoms with van der Waals surface area (Å²) in [7, 11) is -0.541. The largest absolute Gasteiger partial charge is 0.498 e. The van der Waals surface area contributed by atoms with Gasteiger partial charge in [-0.05, 0) is 69.2 Å². The Morgan fingerprint density at radius 3 is 2.06 bits per heavy atom. The molecule has 1 saturated heterocycles. The number of alkyl carbamates (subject to hydrolysis) is 2. The molecule has 0 radical (unpaired) electrons. The molecule has 1 atom stereocenters. The molecule has 2 heterocycles. The summed E-state index contributed by atoms with van der Waals surface area (Å²) in [5.74, 6) is 0. The molecule has 1 aliphatic rings. The van der Waals surface area contributed by atoms with Crippen molar-refractivity contribution in [3.8, 4) is 0 Å². The molecule has 33 heavy (non-hydrogen) atoms. The third-order valence-corrected chi connectivity index (χ3v) is 5.20. The maximum atomic E-state index is 12.3. The quantitative estimate of drug-likeness (QED) is 0.620. The lowest BCUT2D eigenvalue weighted by atomic mass is 9.82. The van der Waals surface area contributed by atoms with Crippen molar-refractivity contribution in [1.82, 2.24) is 20.4 Å². The van der Waals surface area contributed by atoms with Crippen LogP contribution < -0.4 is 16.1 Å². The van der Waals surface area contributed by atoms with Gasteiger partial charge in [0.25, 0.3) is 0 Å². The number of ether oxygens (including phenoxy) is 2. The van der Waals surface area contributed by atoms with Crippen molar-refractivity contribution in [2.45, 2.75) is 104 Å². The summed E-state index contributed by atoms with van der Waals surface area (Å²) < 4.78 is 24.5. The van der Waals surface area contributed by atoms with Crippen LogP contribution in [0.3, 0.4) is 0 Å². The van der Waals surface area contributed by atoms with Crippen molar-refractivity contribution in [3.63, 3.8) is 0 Å². The molecule has 2 N–H and O–H groups in total. The van der Waals surface area contributed by atoms with E-state index in [0.717, 1.165) is 5.46 Å². The minimum Gasteiger partial charge on any atom is -0.444 e. The number of amides is 2. The zero-order valence-corrected chi connectivity index (χ0v) is 21.6. The molecule has 1 fully saturated rings. The zero-order valence-electron chi connectivity index (χ0n) is 21.6. The summed E-state index contributed by atoms with van der Waals surface area (Å²) in [5, 5.41) is 9.86. The zero-order chi connectivity index (χ0) is 25.2. The molecular formula is C22H39BN4O6. The molecule has 11 heteroatoms. The number of hydrogen-bond acceptors (Lipinski definition) is 7. The second kappa shape index (κ2) is 9.54. The lowest BCUT2D eigenvalue weighted by Gasteiger charge is -2.32. The molecule has 0 spiro atoms. The van der Waals surface area contributed by atoms with Crippen LogP contribution in [-0.2, 0) is 25.3 Å². The van der Waals surface area contributed by atoms with Crippen molar-refractivity contribution in [2.75, 3.05) is 6.54 Å². The monoisotopic (exact) mass is 466 g/mol. The first-order valence-electron chi connectivity index (χ1n) is 11.2.